The normalized spacial score (nSPS) is 13.3. The zero-order valence-electron chi connectivity index (χ0n) is 11.0. The SMILES string of the molecule is Cn1cc(-c2c[nH]c3ncc(C4=C=CC=C4)cc23)cn1. The van der Waals surface area contributed by atoms with Crippen LogP contribution in [0.3, 0.4) is 0 Å². The lowest BCUT2D eigenvalue weighted by Crippen LogP contribution is -1.84. The predicted molar refractivity (Wildman–Crippen MR) is 78.9 cm³/mol. The van der Waals surface area contributed by atoms with E-state index in [1.807, 2.05) is 50.1 Å². The number of aromatic amines is 1. The predicted octanol–water partition coefficient (Wildman–Crippen LogP) is 3.07. The van der Waals surface area contributed by atoms with E-state index in [1.165, 1.54) is 0 Å². The number of aryl methyl sites for hydroxylation is 1. The van der Waals surface area contributed by atoms with Gasteiger partial charge in [0.25, 0.3) is 0 Å². The van der Waals surface area contributed by atoms with Gasteiger partial charge in [0, 0.05) is 53.3 Å². The highest BCUT2D eigenvalue weighted by Gasteiger charge is 2.10. The van der Waals surface area contributed by atoms with Crippen LogP contribution in [0.15, 0.2) is 54.8 Å². The fraction of sp³-hybridized carbons (Fsp3) is 0.0625. The number of nitrogens with zero attached hydrogens (tertiary/aromatic N) is 3. The summed E-state index contributed by atoms with van der Waals surface area (Å²) in [6.07, 6.45) is 13.7. The van der Waals surface area contributed by atoms with Crippen molar-refractivity contribution in [1.29, 1.82) is 0 Å². The number of fused-ring (bicyclic) bond motifs is 1. The molecule has 20 heavy (non-hydrogen) atoms. The summed E-state index contributed by atoms with van der Waals surface area (Å²) < 4.78 is 1.80. The average Bonchev–Trinajstić information content (AvgIpc) is 3.17. The van der Waals surface area contributed by atoms with Crippen LogP contribution in [0.25, 0.3) is 27.7 Å². The first-order valence-corrected chi connectivity index (χ1v) is 6.41. The quantitative estimate of drug-likeness (QED) is 0.720. The van der Waals surface area contributed by atoms with Gasteiger partial charge in [-0.3, -0.25) is 4.68 Å². The summed E-state index contributed by atoms with van der Waals surface area (Å²) >= 11 is 0. The van der Waals surface area contributed by atoms with Gasteiger partial charge in [-0.15, -0.1) is 5.73 Å². The minimum atomic E-state index is 0.888. The second-order valence-corrected chi connectivity index (χ2v) is 4.81. The van der Waals surface area contributed by atoms with E-state index in [9.17, 15) is 0 Å². The second-order valence-electron chi connectivity index (χ2n) is 4.81. The molecule has 1 aliphatic carbocycles. The van der Waals surface area contributed by atoms with E-state index in [0.717, 1.165) is 33.3 Å². The summed E-state index contributed by atoms with van der Waals surface area (Å²) in [7, 11) is 1.92. The lowest BCUT2D eigenvalue weighted by Gasteiger charge is -2.00. The Hall–Kier alpha value is -2.84. The molecule has 4 rings (SSSR count). The first-order chi connectivity index (χ1) is 9.81. The summed E-state index contributed by atoms with van der Waals surface area (Å²) in [6.45, 7) is 0. The number of pyridine rings is 1. The van der Waals surface area contributed by atoms with Gasteiger partial charge in [0.1, 0.15) is 5.65 Å². The minimum absolute atomic E-state index is 0.888. The lowest BCUT2D eigenvalue weighted by molar-refractivity contribution is 0.768. The lowest BCUT2D eigenvalue weighted by atomic mass is 10.1. The Balaban J connectivity index is 1.92. The molecule has 4 heteroatoms. The van der Waals surface area contributed by atoms with Crippen LogP contribution in [0, 0.1) is 0 Å². The van der Waals surface area contributed by atoms with Crippen molar-refractivity contribution in [3.05, 3.63) is 60.4 Å². The van der Waals surface area contributed by atoms with Crippen LogP contribution >= 0.6 is 0 Å². The number of aromatic nitrogens is 4. The molecule has 3 aromatic heterocycles. The summed E-state index contributed by atoms with van der Waals surface area (Å²) in [4.78, 5) is 7.70. The molecule has 0 spiro atoms. The molecule has 0 bridgehead atoms. The summed E-state index contributed by atoms with van der Waals surface area (Å²) in [5.74, 6) is 0. The molecule has 0 saturated heterocycles. The van der Waals surface area contributed by atoms with Crippen molar-refractivity contribution in [3.63, 3.8) is 0 Å². The number of hydrogen-bond donors (Lipinski definition) is 1. The third-order valence-corrected chi connectivity index (χ3v) is 3.46. The zero-order valence-corrected chi connectivity index (χ0v) is 11.0. The molecule has 96 valence electrons. The molecule has 3 heterocycles. The zero-order chi connectivity index (χ0) is 13.5. The van der Waals surface area contributed by atoms with E-state index in [-0.39, 0.29) is 0 Å². The van der Waals surface area contributed by atoms with Gasteiger partial charge in [-0.05, 0) is 18.2 Å². The average molecular weight is 260 g/mol. The Morgan fingerprint density at radius 2 is 2.20 bits per heavy atom. The maximum absolute atomic E-state index is 4.49. The summed E-state index contributed by atoms with van der Waals surface area (Å²) in [5, 5.41) is 5.33. The van der Waals surface area contributed by atoms with Crippen molar-refractivity contribution in [1.82, 2.24) is 19.7 Å². The highest BCUT2D eigenvalue weighted by Crippen LogP contribution is 2.29. The molecule has 0 aliphatic heterocycles. The number of hydrogen-bond acceptors (Lipinski definition) is 2. The van der Waals surface area contributed by atoms with Gasteiger partial charge in [0.15, 0.2) is 0 Å². The number of H-pyrrole nitrogens is 1. The third-order valence-electron chi connectivity index (χ3n) is 3.46. The van der Waals surface area contributed by atoms with E-state index in [1.54, 1.807) is 4.68 Å². The molecule has 0 saturated carbocycles. The minimum Gasteiger partial charge on any atom is -0.346 e. The van der Waals surface area contributed by atoms with Crippen molar-refractivity contribution in [2.24, 2.45) is 7.05 Å². The van der Waals surface area contributed by atoms with Crippen molar-refractivity contribution in [2.75, 3.05) is 0 Å². The van der Waals surface area contributed by atoms with Gasteiger partial charge in [-0.25, -0.2) is 4.98 Å². The van der Waals surface area contributed by atoms with Gasteiger partial charge in [-0.1, -0.05) is 6.08 Å². The topological polar surface area (TPSA) is 46.5 Å². The van der Waals surface area contributed by atoms with E-state index < -0.39 is 0 Å². The van der Waals surface area contributed by atoms with Crippen molar-refractivity contribution >= 4 is 16.6 Å². The number of rotatable bonds is 2. The highest BCUT2D eigenvalue weighted by molar-refractivity contribution is 5.95. The summed E-state index contributed by atoms with van der Waals surface area (Å²) in [5.41, 5.74) is 8.45. The third kappa shape index (κ3) is 1.63. The van der Waals surface area contributed by atoms with Gasteiger partial charge in [0.2, 0.25) is 0 Å². The van der Waals surface area contributed by atoms with Gasteiger partial charge >= 0.3 is 0 Å². The Kier molecular flexibility index (Phi) is 2.25. The van der Waals surface area contributed by atoms with E-state index in [4.69, 9.17) is 0 Å². The van der Waals surface area contributed by atoms with Gasteiger partial charge < -0.3 is 4.98 Å². The smallest absolute Gasteiger partial charge is 0.137 e. The van der Waals surface area contributed by atoms with Gasteiger partial charge in [-0.2, -0.15) is 5.10 Å². The first-order valence-electron chi connectivity index (χ1n) is 6.41. The molecule has 3 aromatic rings. The second kappa shape index (κ2) is 4.08. The van der Waals surface area contributed by atoms with Crippen molar-refractivity contribution < 1.29 is 0 Å². The Labute approximate surface area is 115 Å². The van der Waals surface area contributed by atoms with Gasteiger partial charge in [0.05, 0.1) is 6.20 Å². The van der Waals surface area contributed by atoms with E-state index >= 15 is 0 Å². The Bertz CT molecular complexity index is 902. The standard InChI is InChI=1S/C16H12N4/c1-20-10-13(8-19-20)15-9-18-16-14(15)6-12(7-17-16)11-4-2-3-5-11/h2-4,6-10H,1H3,(H,17,18). The molecule has 1 aliphatic rings. The van der Waals surface area contributed by atoms with Crippen molar-refractivity contribution in [3.8, 4) is 11.1 Å². The summed E-state index contributed by atoms with van der Waals surface area (Å²) in [6, 6.07) is 2.15. The molecular weight excluding hydrogens is 248 g/mol. The van der Waals surface area contributed by atoms with Crippen LogP contribution in [0.5, 0.6) is 0 Å². The molecule has 4 nitrogen and oxygen atoms in total. The fourth-order valence-corrected chi connectivity index (χ4v) is 2.46. The van der Waals surface area contributed by atoms with Crippen LogP contribution in [0.4, 0.5) is 0 Å². The molecule has 0 aromatic carbocycles. The largest absolute Gasteiger partial charge is 0.346 e. The molecular formula is C16H12N4. The Morgan fingerprint density at radius 3 is 2.95 bits per heavy atom. The fourth-order valence-electron chi connectivity index (χ4n) is 2.46. The van der Waals surface area contributed by atoms with Crippen LogP contribution in [-0.4, -0.2) is 19.7 Å². The molecule has 0 unspecified atom stereocenters. The van der Waals surface area contributed by atoms with Crippen molar-refractivity contribution in [2.45, 2.75) is 0 Å². The van der Waals surface area contributed by atoms with Crippen LogP contribution < -0.4 is 0 Å². The van der Waals surface area contributed by atoms with Crippen LogP contribution in [0.2, 0.25) is 0 Å². The number of nitrogens with one attached hydrogen (secondary N) is 1. The van der Waals surface area contributed by atoms with E-state index in [0.29, 0.717) is 0 Å². The molecule has 1 N–H and O–H groups in total. The number of allylic oxidation sites excluding steroid dienone is 3. The monoisotopic (exact) mass is 260 g/mol. The molecule has 0 amide bonds. The highest BCUT2D eigenvalue weighted by atomic mass is 15.2. The molecule has 0 fully saturated rings. The maximum Gasteiger partial charge on any atom is 0.137 e. The molecule has 0 radical (unpaired) electrons. The molecule has 0 atom stereocenters. The Morgan fingerprint density at radius 1 is 1.25 bits per heavy atom. The maximum atomic E-state index is 4.49. The van der Waals surface area contributed by atoms with Crippen LogP contribution in [-0.2, 0) is 7.05 Å². The van der Waals surface area contributed by atoms with E-state index in [2.05, 4.69) is 26.9 Å². The first kappa shape index (κ1) is 11.0. The van der Waals surface area contributed by atoms with Crippen LogP contribution in [0.1, 0.15) is 5.56 Å².